The summed E-state index contributed by atoms with van der Waals surface area (Å²) in [5.41, 5.74) is 6.97. The monoisotopic (exact) mass is 312 g/mol. The summed E-state index contributed by atoms with van der Waals surface area (Å²) in [7, 11) is 0. The first kappa shape index (κ1) is 15.4. The first-order valence-corrected chi connectivity index (χ1v) is 6.72. The van der Waals surface area contributed by atoms with Crippen LogP contribution in [0.15, 0.2) is 30.3 Å². The van der Waals surface area contributed by atoms with Crippen molar-refractivity contribution in [3.05, 3.63) is 47.0 Å². The van der Waals surface area contributed by atoms with Gasteiger partial charge >= 0.3 is 0 Å². The van der Waals surface area contributed by atoms with E-state index in [0.29, 0.717) is 11.4 Å². The minimum absolute atomic E-state index is 0.0145. The van der Waals surface area contributed by atoms with Crippen LogP contribution in [0.5, 0.6) is 5.75 Å². The van der Waals surface area contributed by atoms with E-state index in [0.717, 1.165) is 0 Å². The van der Waals surface area contributed by atoms with Gasteiger partial charge in [0, 0.05) is 17.8 Å². The Balaban J connectivity index is 2.32. The van der Waals surface area contributed by atoms with E-state index in [-0.39, 0.29) is 22.6 Å². The van der Waals surface area contributed by atoms with Gasteiger partial charge in [-0.25, -0.2) is 8.78 Å². The molecule has 0 aliphatic heterocycles. The molecule has 21 heavy (non-hydrogen) atoms. The van der Waals surface area contributed by atoms with E-state index in [4.69, 9.17) is 22.1 Å². The molecule has 0 spiro atoms. The highest BCUT2D eigenvalue weighted by Crippen LogP contribution is 2.32. The largest absolute Gasteiger partial charge is 0.488 e. The Morgan fingerprint density at radius 3 is 2.48 bits per heavy atom. The number of hydrogen-bond acceptors (Lipinski definition) is 3. The van der Waals surface area contributed by atoms with Gasteiger partial charge in [0.15, 0.2) is 11.6 Å². The summed E-state index contributed by atoms with van der Waals surface area (Å²) in [5.74, 6) is -0.961. The second-order valence-electron chi connectivity index (χ2n) is 4.79. The number of nitrogens with one attached hydrogen (secondary N) is 1. The van der Waals surface area contributed by atoms with Crippen molar-refractivity contribution in [2.75, 3.05) is 11.1 Å². The van der Waals surface area contributed by atoms with Crippen molar-refractivity contribution in [3.8, 4) is 5.75 Å². The first-order chi connectivity index (χ1) is 9.86. The van der Waals surface area contributed by atoms with Crippen LogP contribution in [0, 0.1) is 11.6 Å². The SMILES string of the molecule is CC(C)Oc1cc(Nc2ccc(F)c(Cl)c2)c(N)cc1F. The second kappa shape index (κ2) is 6.18. The fourth-order valence-electron chi connectivity index (χ4n) is 1.75. The number of nitrogens with two attached hydrogens (primary N) is 1. The Labute approximate surface area is 126 Å². The zero-order valence-corrected chi connectivity index (χ0v) is 12.3. The molecule has 112 valence electrons. The summed E-state index contributed by atoms with van der Waals surface area (Å²) in [6.07, 6.45) is -0.170. The molecule has 0 saturated heterocycles. The van der Waals surface area contributed by atoms with Crippen molar-refractivity contribution in [1.82, 2.24) is 0 Å². The molecule has 3 nitrogen and oxygen atoms in total. The molecule has 3 N–H and O–H groups in total. The Hall–Kier alpha value is -2.01. The minimum atomic E-state index is -0.538. The number of benzene rings is 2. The van der Waals surface area contributed by atoms with Gasteiger partial charge in [-0.15, -0.1) is 0 Å². The molecule has 0 aromatic heterocycles. The van der Waals surface area contributed by atoms with Crippen LogP contribution in [-0.4, -0.2) is 6.10 Å². The van der Waals surface area contributed by atoms with Crippen LogP contribution >= 0.6 is 11.6 Å². The molecule has 0 amide bonds. The summed E-state index contributed by atoms with van der Waals surface area (Å²) in [4.78, 5) is 0. The number of hydrogen-bond donors (Lipinski definition) is 2. The third-order valence-corrected chi connectivity index (χ3v) is 2.95. The molecule has 0 aliphatic carbocycles. The van der Waals surface area contributed by atoms with Crippen molar-refractivity contribution in [2.24, 2.45) is 0 Å². The standard InChI is InChI=1S/C15H15ClF2N2O/c1-8(2)21-15-7-14(13(19)6-12(15)18)20-9-3-4-11(17)10(16)5-9/h3-8,20H,19H2,1-2H3. The van der Waals surface area contributed by atoms with E-state index in [1.165, 1.54) is 30.3 Å². The van der Waals surface area contributed by atoms with Gasteiger partial charge in [-0.2, -0.15) is 0 Å². The van der Waals surface area contributed by atoms with E-state index in [9.17, 15) is 8.78 Å². The molecule has 2 rings (SSSR count). The first-order valence-electron chi connectivity index (χ1n) is 6.34. The topological polar surface area (TPSA) is 47.3 Å². The van der Waals surface area contributed by atoms with Crippen LogP contribution in [0.1, 0.15) is 13.8 Å². The molecule has 0 bridgehead atoms. The highest BCUT2D eigenvalue weighted by Gasteiger charge is 2.11. The van der Waals surface area contributed by atoms with Gasteiger partial charge in [-0.05, 0) is 32.0 Å². The quantitative estimate of drug-likeness (QED) is 0.802. The molecule has 2 aromatic rings. The number of rotatable bonds is 4. The molecular weight excluding hydrogens is 298 g/mol. The predicted octanol–water partition coefficient (Wildman–Crippen LogP) is 4.73. The second-order valence-corrected chi connectivity index (χ2v) is 5.20. The highest BCUT2D eigenvalue weighted by atomic mass is 35.5. The smallest absolute Gasteiger partial charge is 0.167 e. The molecule has 0 fully saturated rings. The molecular formula is C15H15ClF2N2O. The van der Waals surface area contributed by atoms with Gasteiger partial charge in [0.2, 0.25) is 0 Å². The van der Waals surface area contributed by atoms with E-state index in [1.54, 1.807) is 13.8 Å². The molecule has 0 radical (unpaired) electrons. The lowest BCUT2D eigenvalue weighted by Crippen LogP contribution is -2.08. The Kier molecular flexibility index (Phi) is 4.53. The summed E-state index contributed by atoms with van der Waals surface area (Å²) in [6, 6.07) is 6.79. The molecule has 0 unspecified atom stereocenters. The van der Waals surface area contributed by atoms with Crippen LogP contribution in [0.2, 0.25) is 5.02 Å². The predicted molar refractivity (Wildman–Crippen MR) is 81.3 cm³/mol. The van der Waals surface area contributed by atoms with Gasteiger partial charge in [-0.3, -0.25) is 0 Å². The number of anilines is 3. The van der Waals surface area contributed by atoms with Crippen molar-refractivity contribution in [2.45, 2.75) is 20.0 Å². The molecule has 0 aliphatic rings. The Morgan fingerprint density at radius 1 is 1.14 bits per heavy atom. The summed E-state index contributed by atoms with van der Waals surface area (Å²) in [5, 5.41) is 2.94. The van der Waals surface area contributed by atoms with Crippen molar-refractivity contribution >= 4 is 28.7 Å². The van der Waals surface area contributed by atoms with E-state index >= 15 is 0 Å². The van der Waals surface area contributed by atoms with E-state index < -0.39 is 11.6 Å². The normalized spacial score (nSPS) is 10.8. The average Bonchev–Trinajstić information content (AvgIpc) is 2.39. The zero-order chi connectivity index (χ0) is 15.6. The summed E-state index contributed by atoms with van der Waals surface area (Å²) >= 11 is 5.71. The Morgan fingerprint density at radius 2 is 1.86 bits per heavy atom. The average molecular weight is 313 g/mol. The van der Waals surface area contributed by atoms with E-state index in [2.05, 4.69) is 5.32 Å². The van der Waals surface area contributed by atoms with Crippen LogP contribution in [-0.2, 0) is 0 Å². The molecule has 0 saturated carbocycles. The minimum Gasteiger partial charge on any atom is -0.488 e. The van der Waals surface area contributed by atoms with Crippen LogP contribution < -0.4 is 15.8 Å². The van der Waals surface area contributed by atoms with Crippen molar-refractivity contribution < 1.29 is 13.5 Å². The molecule has 2 aromatic carbocycles. The van der Waals surface area contributed by atoms with Gasteiger partial charge < -0.3 is 15.8 Å². The van der Waals surface area contributed by atoms with Crippen LogP contribution in [0.4, 0.5) is 25.8 Å². The third kappa shape index (κ3) is 3.76. The molecule has 0 atom stereocenters. The van der Waals surface area contributed by atoms with Gasteiger partial charge in [0.05, 0.1) is 22.5 Å². The van der Waals surface area contributed by atoms with Gasteiger partial charge in [0.25, 0.3) is 0 Å². The Bertz CT molecular complexity index is 662. The maximum absolute atomic E-state index is 13.7. The van der Waals surface area contributed by atoms with Crippen molar-refractivity contribution in [1.29, 1.82) is 0 Å². The summed E-state index contributed by atoms with van der Waals surface area (Å²) < 4.78 is 32.2. The number of nitrogen functional groups attached to an aromatic ring is 1. The lowest BCUT2D eigenvalue weighted by molar-refractivity contribution is 0.231. The van der Waals surface area contributed by atoms with Crippen molar-refractivity contribution in [3.63, 3.8) is 0 Å². The van der Waals surface area contributed by atoms with Crippen LogP contribution in [0.25, 0.3) is 0 Å². The highest BCUT2D eigenvalue weighted by molar-refractivity contribution is 6.31. The fourth-order valence-corrected chi connectivity index (χ4v) is 1.93. The number of halogens is 3. The van der Waals surface area contributed by atoms with Gasteiger partial charge in [0.1, 0.15) is 5.82 Å². The fraction of sp³-hybridized carbons (Fsp3) is 0.200. The molecule has 0 heterocycles. The number of ether oxygens (including phenoxy) is 1. The van der Waals surface area contributed by atoms with E-state index in [1.807, 2.05) is 0 Å². The maximum Gasteiger partial charge on any atom is 0.167 e. The molecule has 6 heteroatoms. The summed E-state index contributed by atoms with van der Waals surface area (Å²) in [6.45, 7) is 3.59. The lowest BCUT2D eigenvalue weighted by atomic mass is 10.2. The van der Waals surface area contributed by atoms with Crippen LogP contribution in [0.3, 0.4) is 0 Å². The van der Waals surface area contributed by atoms with Gasteiger partial charge in [-0.1, -0.05) is 11.6 Å². The maximum atomic E-state index is 13.7. The lowest BCUT2D eigenvalue weighted by Gasteiger charge is -2.15. The zero-order valence-electron chi connectivity index (χ0n) is 11.6. The third-order valence-electron chi connectivity index (χ3n) is 2.67.